The molecule has 0 bridgehead atoms. The second kappa shape index (κ2) is 13.2. The number of hydrogen-bond acceptors (Lipinski definition) is 5. The van der Waals surface area contributed by atoms with Gasteiger partial charge in [0.25, 0.3) is 15.9 Å². The minimum Gasteiger partial charge on any atom is -0.467 e. The summed E-state index contributed by atoms with van der Waals surface area (Å²) in [7, 11) is -2.38. The van der Waals surface area contributed by atoms with Crippen LogP contribution < -0.4 is 9.62 Å². The van der Waals surface area contributed by atoms with Gasteiger partial charge in [0.15, 0.2) is 0 Å². The second-order valence-corrected chi connectivity index (χ2v) is 11.9. The first-order valence-electron chi connectivity index (χ1n) is 12.8. The molecule has 0 aliphatic rings. The highest BCUT2D eigenvalue weighted by atomic mass is 35.5. The Bertz CT molecular complexity index is 1620. The number of hydrogen-bond donors (Lipinski definition) is 1. The first kappa shape index (κ1) is 30.2. The molecule has 41 heavy (non-hydrogen) atoms. The van der Waals surface area contributed by atoms with Crippen molar-refractivity contribution in [2.75, 3.05) is 16.7 Å². The Hall–Kier alpha value is -3.79. The van der Waals surface area contributed by atoms with Crippen molar-refractivity contribution in [3.05, 3.63) is 112 Å². The maximum Gasteiger partial charge on any atom is 0.261 e. The quantitative estimate of drug-likeness (QED) is 0.196. The summed E-state index contributed by atoms with van der Waals surface area (Å²) in [6.45, 7) is 2.04. The van der Waals surface area contributed by atoms with Gasteiger partial charge in [-0.15, -0.1) is 0 Å². The van der Waals surface area contributed by atoms with Crippen molar-refractivity contribution in [1.29, 1.82) is 0 Å². The first-order valence-corrected chi connectivity index (χ1v) is 15.1. The lowest BCUT2D eigenvalue weighted by molar-refractivity contribution is -0.118. The summed E-state index contributed by atoms with van der Waals surface area (Å²) in [6, 6.07) is 20.9. The number of amides is 2. The van der Waals surface area contributed by atoms with Crippen LogP contribution in [0.25, 0.3) is 0 Å². The third-order valence-corrected chi connectivity index (χ3v) is 8.31. The van der Waals surface area contributed by atoms with Gasteiger partial charge in [0.05, 0.1) is 34.0 Å². The molecule has 214 valence electrons. The van der Waals surface area contributed by atoms with Gasteiger partial charge >= 0.3 is 0 Å². The van der Waals surface area contributed by atoms with E-state index in [1.807, 2.05) is 6.92 Å². The minimum absolute atomic E-state index is 0.00639. The van der Waals surface area contributed by atoms with Crippen molar-refractivity contribution >= 4 is 56.4 Å². The number of halogens is 2. The molecule has 0 atom stereocenters. The predicted octanol–water partition coefficient (Wildman–Crippen LogP) is 6.99. The molecule has 0 saturated heterocycles. The van der Waals surface area contributed by atoms with Crippen molar-refractivity contribution in [2.24, 2.45) is 0 Å². The van der Waals surface area contributed by atoms with Crippen molar-refractivity contribution in [3.8, 4) is 0 Å². The lowest BCUT2D eigenvalue weighted by Gasteiger charge is -2.24. The monoisotopic (exact) mass is 613 g/mol. The van der Waals surface area contributed by atoms with Crippen LogP contribution in [0.3, 0.4) is 0 Å². The molecule has 2 amide bonds. The van der Waals surface area contributed by atoms with Gasteiger partial charge in [0, 0.05) is 30.7 Å². The molecule has 0 fully saturated rings. The van der Waals surface area contributed by atoms with E-state index in [9.17, 15) is 18.0 Å². The van der Waals surface area contributed by atoms with Crippen molar-refractivity contribution in [2.45, 2.75) is 37.8 Å². The molecular formula is C30H29Cl2N3O5S. The summed E-state index contributed by atoms with van der Waals surface area (Å²) in [5.74, 6) is 0.118. The van der Waals surface area contributed by atoms with Gasteiger partial charge in [-0.25, -0.2) is 8.42 Å². The Morgan fingerprint density at radius 1 is 0.927 bits per heavy atom. The first-order chi connectivity index (χ1) is 19.6. The molecule has 0 saturated carbocycles. The van der Waals surface area contributed by atoms with Crippen LogP contribution in [0, 0.1) is 0 Å². The highest BCUT2D eigenvalue weighted by Gasteiger charge is 2.23. The van der Waals surface area contributed by atoms with Gasteiger partial charge in [-0.3, -0.25) is 14.3 Å². The summed E-state index contributed by atoms with van der Waals surface area (Å²) < 4.78 is 34.8. The molecular weight excluding hydrogens is 585 g/mol. The highest BCUT2D eigenvalue weighted by Crippen LogP contribution is 2.28. The zero-order valence-corrected chi connectivity index (χ0v) is 24.8. The fraction of sp³-hybridized carbons (Fsp3) is 0.200. The Morgan fingerprint density at radius 3 is 2.32 bits per heavy atom. The molecule has 0 spiro atoms. The van der Waals surface area contributed by atoms with Gasteiger partial charge in [0.2, 0.25) is 5.91 Å². The summed E-state index contributed by atoms with van der Waals surface area (Å²) in [4.78, 5) is 28.8. The van der Waals surface area contributed by atoms with Crippen LogP contribution in [0.5, 0.6) is 0 Å². The van der Waals surface area contributed by atoms with E-state index >= 15 is 0 Å². The van der Waals surface area contributed by atoms with E-state index in [2.05, 4.69) is 4.72 Å². The summed E-state index contributed by atoms with van der Waals surface area (Å²) in [6.07, 6.45) is 2.62. The molecule has 4 rings (SSSR count). The van der Waals surface area contributed by atoms with Gasteiger partial charge in [-0.2, -0.15) is 0 Å². The summed E-state index contributed by atoms with van der Waals surface area (Å²) in [5.41, 5.74) is 1.60. The zero-order valence-electron chi connectivity index (χ0n) is 22.5. The van der Waals surface area contributed by atoms with E-state index < -0.39 is 10.0 Å². The molecule has 1 N–H and O–H groups in total. The molecule has 0 aliphatic heterocycles. The number of sulfonamides is 1. The fourth-order valence-corrected chi connectivity index (χ4v) is 5.68. The predicted molar refractivity (Wildman–Crippen MR) is 161 cm³/mol. The van der Waals surface area contributed by atoms with E-state index in [4.69, 9.17) is 27.6 Å². The Balaban J connectivity index is 1.62. The third-order valence-electron chi connectivity index (χ3n) is 6.36. The number of nitrogens with zero attached hydrogens (tertiary/aromatic N) is 2. The number of benzene rings is 3. The lowest BCUT2D eigenvalue weighted by Crippen LogP contribution is -2.30. The van der Waals surface area contributed by atoms with Crippen LogP contribution in [0.15, 0.2) is 94.4 Å². The van der Waals surface area contributed by atoms with E-state index in [0.29, 0.717) is 45.5 Å². The van der Waals surface area contributed by atoms with Crippen molar-refractivity contribution in [3.63, 3.8) is 0 Å². The van der Waals surface area contributed by atoms with Crippen LogP contribution >= 0.6 is 23.2 Å². The molecule has 3 aromatic carbocycles. The van der Waals surface area contributed by atoms with Gasteiger partial charge in [-0.05, 0) is 78.7 Å². The largest absolute Gasteiger partial charge is 0.467 e. The standard InChI is InChI=1S/C30H29Cl2N3O5S/c1-3-7-29(36)34(2)23-12-14-25(15-13-23)41(38,39)33-28-16-11-22(31)18-21(28)19-35(20-24-8-6-17-40-24)30(37)26-9-4-5-10-27(26)32/h4-6,8-18,33H,3,7,19-20H2,1-2H3. The van der Waals surface area contributed by atoms with E-state index in [-0.39, 0.29) is 35.5 Å². The lowest BCUT2D eigenvalue weighted by atomic mass is 10.1. The maximum absolute atomic E-state index is 13.6. The molecule has 4 aromatic rings. The molecule has 8 nitrogen and oxygen atoms in total. The molecule has 0 unspecified atom stereocenters. The van der Waals surface area contributed by atoms with Crippen LogP contribution in [-0.4, -0.2) is 32.2 Å². The second-order valence-electron chi connectivity index (χ2n) is 9.32. The summed E-state index contributed by atoms with van der Waals surface area (Å²) in [5, 5.41) is 0.662. The fourth-order valence-electron chi connectivity index (χ4n) is 4.17. The van der Waals surface area contributed by atoms with Crippen molar-refractivity contribution < 1.29 is 22.4 Å². The number of rotatable bonds is 11. The van der Waals surface area contributed by atoms with E-state index in [0.717, 1.165) is 0 Å². The number of anilines is 2. The van der Waals surface area contributed by atoms with E-state index in [1.54, 1.807) is 73.8 Å². The molecule has 0 aliphatic carbocycles. The molecule has 1 heterocycles. The Labute approximate surface area is 249 Å². The van der Waals surface area contributed by atoms with Gasteiger partial charge in [-0.1, -0.05) is 42.3 Å². The topological polar surface area (TPSA) is 99.9 Å². The van der Waals surface area contributed by atoms with E-state index in [1.165, 1.54) is 28.2 Å². The van der Waals surface area contributed by atoms with Crippen LogP contribution in [0.2, 0.25) is 10.0 Å². The smallest absolute Gasteiger partial charge is 0.261 e. The normalized spacial score (nSPS) is 11.2. The Kier molecular flexibility index (Phi) is 9.75. The summed E-state index contributed by atoms with van der Waals surface area (Å²) >= 11 is 12.6. The SMILES string of the molecule is CCCC(=O)N(C)c1ccc(S(=O)(=O)Nc2ccc(Cl)cc2CN(Cc2ccco2)C(=O)c2ccccc2Cl)cc1. The van der Waals surface area contributed by atoms with Crippen molar-refractivity contribution in [1.82, 2.24) is 4.90 Å². The highest BCUT2D eigenvalue weighted by molar-refractivity contribution is 7.92. The number of furan rings is 1. The molecule has 0 radical (unpaired) electrons. The van der Waals surface area contributed by atoms with Crippen LogP contribution in [-0.2, 0) is 27.9 Å². The molecule has 11 heteroatoms. The average molecular weight is 615 g/mol. The minimum atomic E-state index is -4.03. The average Bonchev–Trinajstić information content (AvgIpc) is 3.47. The number of carbonyl (C=O) groups is 2. The Morgan fingerprint density at radius 2 is 1.66 bits per heavy atom. The third kappa shape index (κ3) is 7.49. The van der Waals surface area contributed by atoms with Gasteiger partial charge in [0.1, 0.15) is 5.76 Å². The maximum atomic E-state index is 13.6. The number of nitrogens with one attached hydrogen (secondary N) is 1. The molecule has 1 aromatic heterocycles. The van der Waals surface area contributed by atoms with Crippen LogP contribution in [0.4, 0.5) is 11.4 Å². The van der Waals surface area contributed by atoms with Gasteiger partial charge < -0.3 is 14.2 Å². The zero-order chi connectivity index (χ0) is 29.6. The van der Waals surface area contributed by atoms with Crippen LogP contribution in [0.1, 0.15) is 41.4 Å². The number of carbonyl (C=O) groups excluding carboxylic acids is 2.